The predicted molar refractivity (Wildman–Crippen MR) is 71.0 cm³/mol. The molecule has 0 aliphatic carbocycles. The molecule has 2 unspecified atom stereocenters. The van der Waals surface area contributed by atoms with Crippen molar-refractivity contribution in [2.24, 2.45) is 0 Å². The minimum atomic E-state index is -0.159. The predicted octanol–water partition coefficient (Wildman–Crippen LogP) is 2.71. The summed E-state index contributed by atoms with van der Waals surface area (Å²) < 4.78 is 12.9. The molecule has 0 spiro atoms. The van der Waals surface area contributed by atoms with Crippen LogP contribution in [-0.4, -0.2) is 30.1 Å². The zero-order valence-electron chi connectivity index (χ0n) is 10.9. The van der Waals surface area contributed by atoms with Crippen LogP contribution in [0.2, 0.25) is 0 Å². The molecule has 2 aliphatic rings. The van der Waals surface area contributed by atoms with Crippen LogP contribution in [0.4, 0.5) is 4.39 Å². The summed E-state index contributed by atoms with van der Waals surface area (Å²) in [5.41, 5.74) is 1.17. The van der Waals surface area contributed by atoms with Gasteiger partial charge in [-0.15, -0.1) is 0 Å². The summed E-state index contributed by atoms with van der Waals surface area (Å²) in [4.78, 5) is 2.61. The van der Waals surface area contributed by atoms with Gasteiger partial charge in [0, 0.05) is 24.7 Å². The van der Waals surface area contributed by atoms with Gasteiger partial charge in [0.25, 0.3) is 0 Å². The largest absolute Gasteiger partial charge is 0.306 e. The molecule has 0 amide bonds. The lowest BCUT2D eigenvalue weighted by atomic mass is 10.0. The summed E-state index contributed by atoms with van der Waals surface area (Å²) in [7, 11) is 0. The van der Waals surface area contributed by atoms with Crippen molar-refractivity contribution < 1.29 is 4.39 Å². The van der Waals surface area contributed by atoms with Gasteiger partial charge in [-0.2, -0.15) is 0 Å². The van der Waals surface area contributed by atoms with E-state index in [1.807, 2.05) is 12.1 Å². The van der Waals surface area contributed by atoms with E-state index in [2.05, 4.69) is 17.1 Å². The number of nitrogens with zero attached hydrogens (tertiary/aromatic N) is 1. The molecule has 2 saturated heterocycles. The van der Waals surface area contributed by atoms with Crippen LogP contribution < -0.4 is 5.32 Å². The maximum absolute atomic E-state index is 12.9. The van der Waals surface area contributed by atoms with E-state index >= 15 is 0 Å². The molecule has 0 aromatic heterocycles. The van der Waals surface area contributed by atoms with Gasteiger partial charge in [-0.25, -0.2) is 4.39 Å². The maximum atomic E-state index is 12.9. The number of fused-ring (bicyclic) bond motifs is 1. The molecule has 2 aliphatic heterocycles. The van der Waals surface area contributed by atoms with Crippen molar-refractivity contribution in [1.82, 2.24) is 10.2 Å². The van der Waals surface area contributed by atoms with Gasteiger partial charge >= 0.3 is 0 Å². The Morgan fingerprint density at radius 3 is 2.78 bits per heavy atom. The fourth-order valence-electron chi connectivity index (χ4n) is 3.45. The Labute approximate surface area is 108 Å². The van der Waals surface area contributed by atoms with Crippen molar-refractivity contribution in [1.29, 1.82) is 0 Å². The summed E-state index contributed by atoms with van der Waals surface area (Å²) in [6.07, 6.45) is 3.91. The second-order valence-electron chi connectivity index (χ2n) is 5.58. The Hall–Kier alpha value is -0.930. The number of nitrogens with one attached hydrogen (secondary N) is 1. The van der Waals surface area contributed by atoms with Crippen molar-refractivity contribution >= 4 is 0 Å². The molecule has 1 N–H and O–H groups in total. The van der Waals surface area contributed by atoms with E-state index in [1.54, 1.807) is 12.1 Å². The highest BCUT2D eigenvalue weighted by Crippen LogP contribution is 2.29. The van der Waals surface area contributed by atoms with Crippen LogP contribution in [0.25, 0.3) is 0 Å². The molecular weight excluding hydrogens is 227 g/mol. The fourth-order valence-corrected chi connectivity index (χ4v) is 3.45. The monoisotopic (exact) mass is 248 g/mol. The normalized spacial score (nSPS) is 29.4. The zero-order chi connectivity index (χ0) is 12.5. The molecule has 2 heterocycles. The summed E-state index contributed by atoms with van der Waals surface area (Å²) in [6, 6.07) is 8.49. The third-order valence-corrected chi connectivity index (χ3v) is 4.44. The Balaban J connectivity index is 1.64. The second kappa shape index (κ2) is 4.98. The Bertz CT molecular complexity index is 403. The molecule has 0 bridgehead atoms. The van der Waals surface area contributed by atoms with Gasteiger partial charge in [-0.05, 0) is 50.4 Å². The van der Waals surface area contributed by atoms with Crippen LogP contribution in [0.15, 0.2) is 24.3 Å². The van der Waals surface area contributed by atoms with Gasteiger partial charge in [0.2, 0.25) is 0 Å². The van der Waals surface area contributed by atoms with Crippen molar-refractivity contribution in [2.75, 3.05) is 13.1 Å². The lowest BCUT2D eigenvalue weighted by Gasteiger charge is -2.25. The van der Waals surface area contributed by atoms with Crippen LogP contribution in [0.1, 0.15) is 37.8 Å². The highest BCUT2D eigenvalue weighted by atomic mass is 19.1. The standard InChI is InChI=1S/C15H21FN2/c1-11(12-4-6-13(16)7-5-12)17-14-8-10-18-9-2-3-15(14)18/h4-7,11,14-15,17H,2-3,8-10H2,1H3/t11-,14?,15?/m0/s1. The van der Waals surface area contributed by atoms with Crippen LogP contribution in [0, 0.1) is 5.82 Å². The van der Waals surface area contributed by atoms with Crippen molar-refractivity contribution in [3.8, 4) is 0 Å². The average Bonchev–Trinajstić information content (AvgIpc) is 2.95. The van der Waals surface area contributed by atoms with Crippen molar-refractivity contribution in [3.05, 3.63) is 35.6 Å². The maximum Gasteiger partial charge on any atom is 0.123 e. The highest BCUT2D eigenvalue weighted by Gasteiger charge is 2.37. The first-order valence-electron chi connectivity index (χ1n) is 6.99. The van der Waals surface area contributed by atoms with E-state index in [9.17, 15) is 4.39 Å². The average molecular weight is 248 g/mol. The van der Waals surface area contributed by atoms with E-state index in [0.29, 0.717) is 12.1 Å². The SMILES string of the molecule is C[C@H](NC1CCN2CCCC12)c1ccc(F)cc1. The first kappa shape index (κ1) is 12.1. The molecule has 1 aromatic carbocycles. The molecule has 18 heavy (non-hydrogen) atoms. The molecule has 98 valence electrons. The van der Waals surface area contributed by atoms with Gasteiger partial charge in [-0.1, -0.05) is 12.1 Å². The number of hydrogen-bond donors (Lipinski definition) is 1. The Kier molecular flexibility index (Phi) is 3.35. The van der Waals surface area contributed by atoms with Crippen LogP contribution in [0.3, 0.4) is 0 Å². The minimum Gasteiger partial charge on any atom is -0.306 e. The number of hydrogen-bond acceptors (Lipinski definition) is 2. The molecule has 3 atom stereocenters. The molecule has 0 radical (unpaired) electrons. The van der Waals surface area contributed by atoms with Gasteiger partial charge in [-0.3, -0.25) is 4.90 Å². The Morgan fingerprint density at radius 2 is 2.00 bits per heavy atom. The van der Waals surface area contributed by atoms with Crippen LogP contribution in [-0.2, 0) is 0 Å². The number of benzene rings is 1. The molecule has 3 rings (SSSR count). The topological polar surface area (TPSA) is 15.3 Å². The molecule has 2 nitrogen and oxygen atoms in total. The summed E-state index contributed by atoms with van der Waals surface area (Å²) >= 11 is 0. The van der Waals surface area contributed by atoms with Crippen LogP contribution in [0.5, 0.6) is 0 Å². The van der Waals surface area contributed by atoms with Gasteiger partial charge in [0.1, 0.15) is 5.82 Å². The summed E-state index contributed by atoms with van der Waals surface area (Å²) in [5.74, 6) is -0.159. The van der Waals surface area contributed by atoms with E-state index in [4.69, 9.17) is 0 Å². The van der Waals surface area contributed by atoms with E-state index in [-0.39, 0.29) is 5.82 Å². The molecule has 3 heteroatoms. The zero-order valence-corrected chi connectivity index (χ0v) is 10.9. The molecular formula is C15H21FN2. The van der Waals surface area contributed by atoms with E-state index in [1.165, 1.54) is 37.9 Å². The molecule has 2 fully saturated rings. The van der Waals surface area contributed by atoms with Gasteiger partial charge < -0.3 is 5.32 Å². The molecule has 0 saturated carbocycles. The van der Waals surface area contributed by atoms with E-state index in [0.717, 1.165) is 6.04 Å². The second-order valence-corrected chi connectivity index (χ2v) is 5.58. The first-order chi connectivity index (χ1) is 8.74. The van der Waals surface area contributed by atoms with Crippen molar-refractivity contribution in [3.63, 3.8) is 0 Å². The van der Waals surface area contributed by atoms with Gasteiger partial charge in [0.05, 0.1) is 0 Å². The quantitative estimate of drug-likeness (QED) is 0.885. The lowest BCUT2D eigenvalue weighted by Crippen LogP contribution is -2.40. The number of rotatable bonds is 3. The third kappa shape index (κ3) is 2.29. The lowest BCUT2D eigenvalue weighted by molar-refractivity contribution is 0.291. The number of halogens is 1. The van der Waals surface area contributed by atoms with Crippen LogP contribution >= 0.6 is 0 Å². The van der Waals surface area contributed by atoms with Crippen molar-refractivity contribution in [2.45, 2.75) is 44.3 Å². The smallest absolute Gasteiger partial charge is 0.123 e. The summed E-state index contributed by atoms with van der Waals surface area (Å²) in [5, 5.41) is 3.72. The minimum absolute atomic E-state index is 0.159. The summed E-state index contributed by atoms with van der Waals surface area (Å²) in [6.45, 7) is 4.68. The third-order valence-electron chi connectivity index (χ3n) is 4.44. The first-order valence-corrected chi connectivity index (χ1v) is 6.99. The van der Waals surface area contributed by atoms with E-state index < -0.39 is 0 Å². The van der Waals surface area contributed by atoms with Gasteiger partial charge in [0.15, 0.2) is 0 Å². The fraction of sp³-hybridized carbons (Fsp3) is 0.600. The molecule has 1 aromatic rings. The Morgan fingerprint density at radius 1 is 1.22 bits per heavy atom. The highest BCUT2D eigenvalue weighted by molar-refractivity contribution is 5.19.